The molecule has 0 aliphatic carbocycles. The van der Waals surface area contributed by atoms with Crippen LogP contribution in [0.2, 0.25) is 0 Å². The van der Waals surface area contributed by atoms with Crippen LogP contribution < -0.4 is 9.47 Å². The quantitative estimate of drug-likeness (QED) is 0.710. The van der Waals surface area contributed by atoms with E-state index in [0.717, 1.165) is 11.1 Å². The number of carbonyl (C=O) groups excluding carboxylic acids is 1. The highest BCUT2D eigenvalue weighted by Gasteiger charge is 2.06. The molecule has 0 N–H and O–H groups in total. The normalized spacial score (nSPS) is 11.0. The van der Waals surface area contributed by atoms with Crippen molar-refractivity contribution in [1.82, 2.24) is 0 Å². The maximum Gasteiger partial charge on any atom is 0.298 e. The zero-order valence-corrected chi connectivity index (χ0v) is 9.11. The lowest BCUT2D eigenvalue weighted by Crippen LogP contribution is -1.94. The lowest BCUT2D eigenvalue weighted by atomic mass is 10.1. The largest absolute Gasteiger partial charge is 0.497 e. The number of rotatable bonds is 4. The molecule has 1 aromatic carbocycles. The number of hydrogen-bond donors (Lipinski definition) is 0. The lowest BCUT2D eigenvalue weighted by Gasteiger charge is -2.09. The van der Waals surface area contributed by atoms with Crippen LogP contribution >= 0.6 is 0 Å². The zero-order chi connectivity index (χ0) is 11.3. The molecule has 0 heterocycles. The second-order valence-electron chi connectivity index (χ2n) is 3.05. The molecule has 0 unspecified atom stereocenters. The molecule has 0 aliphatic heterocycles. The van der Waals surface area contributed by atoms with Gasteiger partial charge in [0.2, 0.25) is 0 Å². The summed E-state index contributed by atoms with van der Waals surface area (Å²) in [6.45, 7) is 4.31. The van der Waals surface area contributed by atoms with Gasteiger partial charge in [0.15, 0.2) is 0 Å². The molecule has 0 fully saturated rings. The average molecular weight is 206 g/mol. The Bertz CT molecular complexity index is 380. The second-order valence-corrected chi connectivity index (χ2v) is 3.05. The van der Waals surface area contributed by atoms with Crippen LogP contribution in [-0.2, 0) is 4.79 Å². The van der Waals surface area contributed by atoms with Gasteiger partial charge in [0.25, 0.3) is 6.47 Å². The first-order valence-corrected chi connectivity index (χ1v) is 4.64. The van der Waals surface area contributed by atoms with Crippen molar-refractivity contribution in [1.29, 1.82) is 0 Å². The third-order valence-corrected chi connectivity index (χ3v) is 2.22. The van der Waals surface area contributed by atoms with Crippen LogP contribution in [0.4, 0.5) is 0 Å². The predicted octanol–water partition coefficient (Wildman–Crippen LogP) is 2.65. The monoisotopic (exact) mass is 206 g/mol. The fourth-order valence-corrected chi connectivity index (χ4v) is 1.26. The zero-order valence-electron chi connectivity index (χ0n) is 9.11. The molecule has 1 aromatic rings. The molecule has 0 atom stereocenters. The standard InChI is InChI=1S/C12H14O3/c1-4-9(2)11-6-5-10(14-3)7-12(11)15-8-13/h4-8H,1-3H3/b9-4-. The van der Waals surface area contributed by atoms with Gasteiger partial charge < -0.3 is 9.47 Å². The fraction of sp³-hybridized carbons (Fsp3) is 0.250. The Hall–Kier alpha value is -1.77. The van der Waals surface area contributed by atoms with Gasteiger partial charge in [-0.25, -0.2) is 0 Å². The number of allylic oxidation sites excluding steroid dienone is 2. The molecular weight excluding hydrogens is 192 g/mol. The molecule has 3 heteroatoms. The van der Waals surface area contributed by atoms with Crippen LogP contribution in [0, 0.1) is 0 Å². The van der Waals surface area contributed by atoms with E-state index in [2.05, 4.69) is 0 Å². The van der Waals surface area contributed by atoms with Crippen LogP contribution in [0.25, 0.3) is 5.57 Å². The van der Waals surface area contributed by atoms with Crippen LogP contribution in [0.5, 0.6) is 11.5 Å². The molecule has 0 saturated heterocycles. The minimum atomic E-state index is 0.418. The predicted molar refractivity (Wildman–Crippen MR) is 59.0 cm³/mol. The fourth-order valence-electron chi connectivity index (χ4n) is 1.26. The number of methoxy groups -OCH3 is 1. The van der Waals surface area contributed by atoms with Crippen molar-refractivity contribution in [2.24, 2.45) is 0 Å². The van der Waals surface area contributed by atoms with Crippen molar-refractivity contribution in [2.75, 3.05) is 7.11 Å². The number of carbonyl (C=O) groups is 1. The minimum absolute atomic E-state index is 0.418. The van der Waals surface area contributed by atoms with E-state index >= 15 is 0 Å². The third-order valence-electron chi connectivity index (χ3n) is 2.22. The summed E-state index contributed by atoms with van der Waals surface area (Å²) in [5.41, 5.74) is 1.94. The summed E-state index contributed by atoms with van der Waals surface area (Å²) in [5, 5.41) is 0. The van der Waals surface area contributed by atoms with Crippen LogP contribution in [0.15, 0.2) is 24.3 Å². The van der Waals surface area contributed by atoms with E-state index in [-0.39, 0.29) is 0 Å². The summed E-state index contributed by atoms with van der Waals surface area (Å²) in [4.78, 5) is 10.4. The highest BCUT2D eigenvalue weighted by atomic mass is 16.5. The van der Waals surface area contributed by atoms with E-state index in [1.807, 2.05) is 32.1 Å². The molecule has 0 aromatic heterocycles. The highest BCUT2D eigenvalue weighted by molar-refractivity contribution is 5.71. The topological polar surface area (TPSA) is 35.5 Å². The lowest BCUT2D eigenvalue weighted by molar-refractivity contribution is -0.120. The summed E-state index contributed by atoms with van der Waals surface area (Å²) >= 11 is 0. The van der Waals surface area contributed by atoms with E-state index in [0.29, 0.717) is 18.0 Å². The number of ether oxygens (including phenoxy) is 2. The summed E-state index contributed by atoms with van der Waals surface area (Å²) in [6.07, 6.45) is 1.96. The molecule has 0 radical (unpaired) electrons. The molecule has 80 valence electrons. The van der Waals surface area contributed by atoms with Gasteiger partial charge in [0, 0.05) is 11.6 Å². The van der Waals surface area contributed by atoms with Gasteiger partial charge in [-0.1, -0.05) is 6.08 Å². The molecular formula is C12H14O3. The molecule has 0 saturated carbocycles. The Morgan fingerprint density at radius 1 is 1.40 bits per heavy atom. The summed E-state index contributed by atoms with van der Waals surface area (Å²) in [5.74, 6) is 1.18. The maximum atomic E-state index is 10.4. The molecule has 3 nitrogen and oxygen atoms in total. The van der Waals surface area contributed by atoms with Crippen molar-refractivity contribution in [3.63, 3.8) is 0 Å². The van der Waals surface area contributed by atoms with Gasteiger partial charge >= 0.3 is 0 Å². The number of hydrogen-bond acceptors (Lipinski definition) is 3. The van der Waals surface area contributed by atoms with Crippen molar-refractivity contribution in [3.05, 3.63) is 29.8 Å². The Morgan fingerprint density at radius 2 is 2.13 bits per heavy atom. The summed E-state index contributed by atoms with van der Waals surface area (Å²) < 4.78 is 9.96. The van der Waals surface area contributed by atoms with E-state index in [9.17, 15) is 4.79 Å². The van der Waals surface area contributed by atoms with Gasteiger partial charge in [-0.05, 0) is 31.6 Å². The van der Waals surface area contributed by atoms with Gasteiger partial charge in [0.05, 0.1) is 7.11 Å². The Labute approximate surface area is 89.3 Å². The van der Waals surface area contributed by atoms with E-state index in [4.69, 9.17) is 9.47 Å². The first-order valence-electron chi connectivity index (χ1n) is 4.64. The molecule has 0 bridgehead atoms. The maximum absolute atomic E-state index is 10.4. The first-order chi connectivity index (χ1) is 7.22. The van der Waals surface area contributed by atoms with Gasteiger partial charge in [0.1, 0.15) is 11.5 Å². The smallest absolute Gasteiger partial charge is 0.298 e. The SMILES string of the molecule is C/C=C(/C)c1ccc(OC)cc1OC=O. The summed E-state index contributed by atoms with van der Waals surface area (Å²) in [7, 11) is 1.57. The first kappa shape index (κ1) is 11.3. The van der Waals surface area contributed by atoms with Gasteiger partial charge in [-0.15, -0.1) is 0 Å². The van der Waals surface area contributed by atoms with Crippen LogP contribution in [0.3, 0.4) is 0 Å². The van der Waals surface area contributed by atoms with Gasteiger partial charge in [-0.2, -0.15) is 0 Å². The second kappa shape index (κ2) is 5.20. The van der Waals surface area contributed by atoms with Crippen molar-refractivity contribution < 1.29 is 14.3 Å². The van der Waals surface area contributed by atoms with Gasteiger partial charge in [-0.3, -0.25) is 4.79 Å². The van der Waals surface area contributed by atoms with Crippen molar-refractivity contribution >= 4 is 12.0 Å². The summed E-state index contributed by atoms with van der Waals surface area (Å²) in [6, 6.07) is 5.39. The van der Waals surface area contributed by atoms with E-state index in [1.165, 1.54) is 0 Å². The minimum Gasteiger partial charge on any atom is -0.497 e. The van der Waals surface area contributed by atoms with Crippen LogP contribution in [0.1, 0.15) is 19.4 Å². The number of benzene rings is 1. The van der Waals surface area contributed by atoms with E-state index < -0.39 is 0 Å². The van der Waals surface area contributed by atoms with Crippen molar-refractivity contribution in [2.45, 2.75) is 13.8 Å². The molecule has 0 amide bonds. The van der Waals surface area contributed by atoms with E-state index in [1.54, 1.807) is 13.2 Å². The Balaban J connectivity index is 3.20. The molecule has 15 heavy (non-hydrogen) atoms. The average Bonchev–Trinajstić information content (AvgIpc) is 2.28. The molecule has 1 rings (SSSR count). The van der Waals surface area contributed by atoms with Crippen LogP contribution in [-0.4, -0.2) is 13.6 Å². The highest BCUT2D eigenvalue weighted by Crippen LogP contribution is 2.29. The third kappa shape index (κ3) is 2.59. The Morgan fingerprint density at radius 3 is 2.67 bits per heavy atom. The Kier molecular flexibility index (Phi) is 3.92. The molecule has 0 aliphatic rings. The van der Waals surface area contributed by atoms with Crippen molar-refractivity contribution in [3.8, 4) is 11.5 Å². The molecule has 0 spiro atoms.